The molecule has 0 spiro atoms. The number of likely N-dealkylation sites (tertiary alicyclic amines) is 1. The van der Waals surface area contributed by atoms with Crippen molar-refractivity contribution in [3.8, 4) is 11.1 Å². The molecule has 1 aliphatic rings. The number of carbonyl (C=O) groups excluding carboxylic acids is 2. The van der Waals surface area contributed by atoms with Crippen LogP contribution >= 0.6 is 0 Å². The molecule has 1 heterocycles. The molecule has 0 aromatic heterocycles. The average Bonchev–Trinajstić information content (AvgIpc) is 3.30. The number of hydrogen-bond acceptors (Lipinski definition) is 4. The smallest absolute Gasteiger partial charge is 0.407 e. The third-order valence-corrected chi connectivity index (χ3v) is 7.82. The van der Waals surface area contributed by atoms with Crippen LogP contribution in [-0.2, 0) is 19.9 Å². The molecule has 1 N–H and O–H groups in total. The number of methoxy groups -OCH3 is 1. The number of unbranched alkanes of at least 4 members (excludes halogenated alkanes) is 3. The van der Waals surface area contributed by atoms with Gasteiger partial charge in [0.15, 0.2) is 0 Å². The van der Waals surface area contributed by atoms with Crippen molar-refractivity contribution >= 4 is 18.1 Å². The lowest BCUT2D eigenvalue weighted by Crippen LogP contribution is -2.56. The SMILES string of the molecule is C=CCCCCCOC(=O)N[C@H](C(=O)N1C[C@](OC)(c2ccc(-c3ccccc3C=C)cc2)C[C@H]1C)C(C)(C)C. The Balaban J connectivity index is 1.73. The molecule has 3 atom stereocenters. The first-order chi connectivity index (χ1) is 19.1. The second-order valence-electron chi connectivity index (χ2n) is 11.8. The fourth-order valence-corrected chi connectivity index (χ4v) is 5.45. The van der Waals surface area contributed by atoms with Gasteiger partial charge in [0.2, 0.25) is 5.91 Å². The highest BCUT2D eigenvalue weighted by Gasteiger charge is 2.48. The van der Waals surface area contributed by atoms with Crippen molar-refractivity contribution in [1.29, 1.82) is 0 Å². The van der Waals surface area contributed by atoms with Crippen LogP contribution in [-0.4, -0.2) is 49.2 Å². The average molecular weight is 547 g/mol. The van der Waals surface area contributed by atoms with Crippen molar-refractivity contribution in [2.45, 2.75) is 77.5 Å². The van der Waals surface area contributed by atoms with Crippen LogP contribution in [0.5, 0.6) is 0 Å². The Labute approximate surface area is 240 Å². The van der Waals surface area contributed by atoms with Crippen LogP contribution in [0.15, 0.2) is 67.8 Å². The summed E-state index contributed by atoms with van der Waals surface area (Å²) in [6.07, 6.45) is 7.58. The Kier molecular flexibility index (Phi) is 10.7. The first-order valence-corrected chi connectivity index (χ1v) is 14.3. The predicted octanol–water partition coefficient (Wildman–Crippen LogP) is 7.35. The third-order valence-electron chi connectivity index (χ3n) is 7.82. The van der Waals surface area contributed by atoms with Crippen LogP contribution in [0.3, 0.4) is 0 Å². The Bertz CT molecular complexity index is 1170. The highest BCUT2D eigenvalue weighted by molar-refractivity contribution is 5.87. The molecule has 1 fully saturated rings. The van der Waals surface area contributed by atoms with E-state index >= 15 is 0 Å². The van der Waals surface area contributed by atoms with E-state index in [0.717, 1.165) is 47.9 Å². The Morgan fingerprint density at radius 3 is 2.42 bits per heavy atom. The van der Waals surface area contributed by atoms with Crippen LogP contribution in [0.2, 0.25) is 0 Å². The van der Waals surface area contributed by atoms with Crippen LogP contribution in [0.25, 0.3) is 17.2 Å². The fourth-order valence-electron chi connectivity index (χ4n) is 5.45. The molecule has 40 heavy (non-hydrogen) atoms. The molecule has 3 rings (SSSR count). The summed E-state index contributed by atoms with van der Waals surface area (Å²) in [5.41, 5.74) is 3.18. The first kappa shape index (κ1) is 31.2. The van der Waals surface area contributed by atoms with Gasteiger partial charge in [-0.15, -0.1) is 6.58 Å². The van der Waals surface area contributed by atoms with Gasteiger partial charge in [0.1, 0.15) is 11.6 Å². The number of carbonyl (C=O) groups is 2. The van der Waals surface area contributed by atoms with Crippen LogP contribution in [0, 0.1) is 5.41 Å². The molecule has 1 saturated heterocycles. The highest BCUT2D eigenvalue weighted by atomic mass is 16.5. The topological polar surface area (TPSA) is 67.9 Å². The summed E-state index contributed by atoms with van der Waals surface area (Å²) in [5, 5.41) is 2.86. The molecule has 2 aromatic rings. The molecular weight excluding hydrogens is 500 g/mol. The zero-order chi connectivity index (χ0) is 29.3. The molecule has 6 nitrogen and oxygen atoms in total. The quantitative estimate of drug-likeness (QED) is 0.223. The van der Waals surface area contributed by atoms with Crippen molar-refractivity contribution in [3.05, 3.63) is 78.9 Å². The van der Waals surface area contributed by atoms with E-state index in [9.17, 15) is 9.59 Å². The van der Waals surface area contributed by atoms with Crippen molar-refractivity contribution in [3.63, 3.8) is 0 Å². The van der Waals surface area contributed by atoms with Gasteiger partial charge in [0.25, 0.3) is 0 Å². The lowest BCUT2D eigenvalue weighted by atomic mass is 9.85. The number of hydrogen-bond donors (Lipinski definition) is 1. The third kappa shape index (κ3) is 7.42. The highest BCUT2D eigenvalue weighted by Crippen LogP contribution is 2.40. The van der Waals surface area contributed by atoms with Gasteiger partial charge in [-0.25, -0.2) is 4.79 Å². The summed E-state index contributed by atoms with van der Waals surface area (Å²) in [6, 6.07) is 15.7. The predicted molar refractivity (Wildman–Crippen MR) is 163 cm³/mol. The number of nitrogens with one attached hydrogen (secondary N) is 1. The van der Waals surface area contributed by atoms with Gasteiger partial charge < -0.3 is 19.7 Å². The van der Waals surface area contributed by atoms with Gasteiger partial charge in [-0.1, -0.05) is 88.0 Å². The van der Waals surface area contributed by atoms with Crippen molar-refractivity contribution in [2.75, 3.05) is 20.3 Å². The second kappa shape index (κ2) is 13.8. The van der Waals surface area contributed by atoms with Crippen LogP contribution in [0.1, 0.15) is 70.9 Å². The van der Waals surface area contributed by atoms with Gasteiger partial charge in [0, 0.05) is 19.6 Å². The molecule has 0 radical (unpaired) electrons. The van der Waals surface area contributed by atoms with Crippen LogP contribution in [0.4, 0.5) is 4.79 Å². The molecule has 0 unspecified atom stereocenters. The fraction of sp³-hybridized carbons (Fsp3) is 0.471. The molecule has 2 amide bonds. The van der Waals surface area contributed by atoms with Gasteiger partial charge in [-0.05, 0) is 60.3 Å². The number of rotatable bonds is 12. The lowest BCUT2D eigenvalue weighted by molar-refractivity contribution is -0.137. The van der Waals surface area contributed by atoms with E-state index in [0.29, 0.717) is 19.6 Å². The minimum absolute atomic E-state index is 0.0684. The van der Waals surface area contributed by atoms with E-state index in [4.69, 9.17) is 9.47 Å². The van der Waals surface area contributed by atoms with Crippen molar-refractivity contribution in [1.82, 2.24) is 10.2 Å². The molecule has 1 aliphatic heterocycles. The summed E-state index contributed by atoms with van der Waals surface area (Å²) in [6.45, 7) is 16.3. The van der Waals surface area contributed by atoms with E-state index in [2.05, 4.69) is 54.9 Å². The van der Waals surface area contributed by atoms with E-state index < -0.39 is 23.2 Å². The molecule has 0 bridgehead atoms. The van der Waals surface area contributed by atoms with Crippen LogP contribution < -0.4 is 5.32 Å². The molecule has 6 heteroatoms. The minimum atomic E-state index is -0.728. The number of nitrogens with zero attached hydrogens (tertiary/aromatic N) is 1. The normalized spacial score (nSPS) is 19.6. The Hall–Kier alpha value is -3.38. The summed E-state index contributed by atoms with van der Waals surface area (Å²) in [7, 11) is 1.70. The largest absolute Gasteiger partial charge is 0.450 e. The van der Waals surface area contributed by atoms with Crippen molar-refractivity contribution in [2.24, 2.45) is 5.41 Å². The summed E-state index contributed by atoms with van der Waals surface area (Å²) >= 11 is 0. The van der Waals surface area contributed by atoms with Gasteiger partial charge >= 0.3 is 6.09 Å². The summed E-state index contributed by atoms with van der Waals surface area (Å²) in [4.78, 5) is 28.4. The maximum Gasteiger partial charge on any atom is 0.407 e. The number of allylic oxidation sites excluding steroid dienone is 1. The monoisotopic (exact) mass is 546 g/mol. The summed E-state index contributed by atoms with van der Waals surface area (Å²) < 4.78 is 11.5. The van der Waals surface area contributed by atoms with E-state index in [1.165, 1.54) is 0 Å². The Morgan fingerprint density at radius 1 is 1.10 bits per heavy atom. The molecule has 216 valence electrons. The van der Waals surface area contributed by atoms with Gasteiger partial charge in [-0.3, -0.25) is 4.79 Å². The standard InChI is InChI=1S/C34H46N2O4/c1-8-10-11-12-15-22-40-32(38)35-30(33(4,5)6)31(37)36-24-34(39-7,23-25(36)3)28-20-18-27(19-21-28)29-17-14-13-16-26(29)9-2/h8-9,13-14,16-21,25,30H,1-2,10-12,15,22-24H2,3-7H3,(H,35,38)/t25-,30-,34+/m1/s1. The van der Waals surface area contributed by atoms with Gasteiger partial charge in [0.05, 0.1) is 13.2 Å². The zero-order valence-corrected chi connectivity index (χ0v) is 24.9. The number of benzene rings is 2. The zero-order valence-electron chi connectivity index (χ0n) is 24.9. The maximum absolute atomic E-state index is 13.9. The molecule has 0 saturated carbocycles. The van der Waals surface area contributed by atoms with E-state index in [1.807, 2.05) is 56.9 Å². The summed E-state index contributed by atoms with van der Waals surface area (Å²) in [5.74, 6) is -0.126. The Morgan fingerprint density at radius 2 is 1.80 bits per heavy atom. The number of alkyl carbamates (subject to hydrolysis) is 1. The molecular formula is C34H46N2O4. The first-order valence-electron chi connectivity index (χ1n) is 14.3. The maximum atomic E-state index is 13.9. The lowest BCUT2D eigenvalue weighted by Gasteiger charge is -2.35. The van der Waals surface area contributed by atoms with E-state index in [-0.39, 0.29) is 11.9 Å². The van der Waals surface area contributed by atoms with Crippen molar-refractivity contribution < 1.29 is 19.1 Å². The van der Waals surface area contributed by atoms with Gasteiger partial charge in [-0.2, -0.15) is 0 Å². The minimum Gasteiger partial charge on any atom is -0.450 e. The number of amides is 2. The van der Waals surface area contributed by atoms with E-state index in [1.54, 1.807) is 7.11 Å². The molecule has 0 aliphatic carbocycles. The number of ether oxygens (including phenoxy) is 2. The molecule has 2 aromatic carbocycles. The second-order valence-corrected chi connectivity index (χ2v) is 11.8.